The van der Waals surface area contributed by atoms with Crippen molar-refractivity contribution in [3.63, 3.8) is 0 Å². The van der Waals surface area contributed by atoms with Crippen LogP contribution < -0.4 is 20.5 Å². The number of halogens is 3. The Morgan fingerprint density at radius 1 is 1.08 bits per heavy atom. The lowest BCUT2D eigenvalue weighted by Gasteiger charge is -2.27. The monoisotopic (exact) mass is 504 g/mol. The van der Waals surface area contributed by atoms with Crippen LogP contribution >= 0.6 is 0 Å². The van der Waals surface area contributed by atoms with Gasteiger partial charge in [0.05, 0.1) is 36.9 Å². The van der Waals surface area contributed by atoms with E-state index >= 15 is 0 Å². The van der Waals surface area contributed by atoms with Crippen molar-refractivity contribution in [1.29, 1.82) is 0 Å². The van der Waals surface area contributed by atoms with Crippen molar-refractivity contribution in [3.8, 4) is 11.5 Å². The highest BCUT2D eigenvalue weighted by Gasteiger charge is 2.31. The molecule has 3 aromatic rings. The average molecular weight is 505 g/mol. The normalized spacial score (nSPS) is 15.9. The molecule has 0 aliphatic heterocycles. The molecule has 1 heterocycles. The summed E-state index contributed by atoms with van der Waals surface area (Å²) >= 11 is 0. The molecule has 2 aromatic carbocycles. The number of benzene rings is 2. The van der Waals surface area contributed by atoms with Crippen molar-refractivity contribution in [2.75, 3.05) is 24.8 Å². The molecular formula is C26H31F3N4O3. The van der Waals surface area contributed by atoms with E-state index in [0.717, 1.165) is 25.0 Å². The second-order valence-electron chi connectivity index (χ2n) is 9.21. The zero-order valence-electron chi connectivity index (χ0n) is 20.8. The van der Waals surface area contributed by atoms with Crippen LogP contribution in [0.5, 0.6) is 11.5 Å². The Bertz CT molecular complexity index is 1230. The van der Waals surface area contributed by atoms with Crippen LogP contribution in [0.25, 0.3) is 10.9 Å². The van der Waals surface area contributed by atoms with Gasteiger partial charge in [0.15, 0.2) is 11.5 Å². The van der Waals surface area contributed by atoms with E-state index in [1.54, 1.807) is 33.1 Å². The summed E-state index contributed by atoms with van der Waals surface area (Å²) in [5.41, 5.74) is 6.00. The van der Waals surface area contributed by atoms with Gasteiger partial charge in [-0.1, -0.05) is 0 Å². The second-order valence-corrected chi connectivity index (χ2v) is 9.21. The zero-order valence-corrected chi connectivity index (χ0v) is 20.8. The van der Waals surface area contributed by atoms with Gasteiger partial charge in [-0.2, -0.15) is 13.2 Å². The van der Waals surface area contributed by atoms with E-state index in [9.17, 15) is 13.2 Å². The number of alkyl halides is 3. The molecule has 194 valence electrons. The number of anilines is 2. The standard InChI is InChI=1S/C26H31F3N4O3/c1-14(13-35-20-6-5-7-20)36-24-11-21-22(12-23(24)34-4)32-16(3)33-25(21)31-15(2)17-8-18(26(27,28)29)10-19(30)9-17/h8-12,14-15,20H,5-7,13,30H2,1-4H3,(H,31,32,33)/t14?,15-/m1/s1. The van der Waals surface area contributed by atoms with Crippen LogP contribution in [0.3, 0.4) is 0 Å². The molecule has 1 unspecified atom stereocenters. The predicted octanol–water partition coefficient (Wildman–Crippen LogP) is 6.06. The molecule has 0 amide bonds. The first-order valence-electron chi connectivity index (χ1n) is 11.9. The van der Waals surface area contributed by atoms with E-state index in [1.807, 2.05) is 6.92 Å². The van der Waals surface area contributed by atoms with E-state index in [-0.39, 0.29) is 11.8 Å². The minimum Gasteiger partial charge on any atom is -0.493 e. The van der Waals surface area contributed by atoms with Gasteiger partial charge in [-0.3, -0.25) is 0 Å². The summed E-state index contributed by atoms with van der Waals surface area (Å²) in [6.07, 6.45) is -1.07. The van der Waals surface area contributed by atoms with Crippen LogP contribution in [0, 0.1) is 6.92 Å². The number of aryl methyl sites for hydroxylation is 1. The molecule has 4 rings (SSSR count). The van der Waals surface area contributed by atoms with E-state index in [2.05, 4.69) is 15.3 Å². The van der Waals surface area contributed by atoms with Crippen LogP contribution in [0.1, 0.15) is 56.1 Å². The maximum Gasteiger partial charge on any atom is 0.416 e. The number of hydrogen-bond acceptors (Lipinski definition) is 7. The number of fused-ring (bicyclic) bond motifs is 1. The lowest BCUT2D eigenvalue weighted by atomic mass is 9.96. The first kappa shape index (κ1) is 25.8. The molecule has 2 atom stereocenters. The predicted molar refractivity (Wildman–Crippen MR) is 132 cm³/mol. The van der Waals surface area contributed by atoms with Crippen LogP contribution in [-0.4, -0.2) is 35.9 Å². The number of aromatic nitrogens is 2. The topological polar surface area (TPSA) is 91.5 Å². The van der Waals surface area contributed by atoms with E-state index in [0.29, 0.717) is 52.3 Å². The average Bonchev–Trinajstić information content (AvgIpc) is 2.76. The maximum atomic E-state index is 13.3. The van der Waals surface area contributed by atoms with Gasteiger partial charge in [-0.05, 0) is 69.9 Å². The van der Waals surface area contributed by atoms with Gasteiger partial charge in [0, 0.05) is 17.1 Å². The van der Waals surface area contributed by atoms with Gasteiger partial charge in [0.1, 0.15) is 17.7 Å². The smallest absolute Gasteiger partial charge is 0.416 e. The SMILES string of the molecule is COc1cc2nc(C)nc(N[C@H](C)c3cc(N)cc(C(F)(F)F)c3)c2cc1OC(C)COC1CCC1. The lowest BCUT2D eigenvalue weighted by molar-refractivity contribution is -0.137. The third-order valence-corrected chi connectivity index (χ3v) is 6.20. The largest absolute Gasteiger partial charge is 0.493 e. The summed E-state index contributed by atoms with van der Waals surface area (Å²) in [4.78, 5) is 9.02. The molecule has 0 spiro atoms. The third kappa shape index (κ3) is 5.92. The molecule has 1 aliphatic rings. The summed E-state index contributed by atoms with van der Waals surface area (Å²) in [6, 6.07) is 6.55. The Balaban J connectivity index is 1.63. The molecule has 1 aliphatic carbocycles. The van der Waals surface area contributed by atoms with Gasteiger partial charge >= 0.3 is 6.18 Å². The van der Waals surface area contributed by atoms with Crippen molar-refractivity contribution in [2.24, 2.45) is 0 Å². The van der Waals surface area contributed by atoms with Crippen molar-refractivity contribution >= 4 is 22.4 Å². The molecule has 1 aromatic heterocycles. The van der Waals surface area contributed by atoms with Gasteiger partial charge in [0.25, 0.3) is 0 Å². The van der Waals surface area contributed by atoms with Crippen molar-refractivity contribution in [3.05, 3.63) is 47.3 Å². The first-order valence-corrected chi connectivity index (χ1v) is 11.9. The van der Waals surface area contributed by atoms with Gasteiger partial charge in [0.2, 0.25) is 0 Å². The molecule has 1 fully saturated rings. The van der Waals surface area contributed by atoms with Crippen molar-refractivity contribution in [1.82, 2.24) is 9.97 Å². The minimum atomic E-state index is -4.50. The number of methoxy groups -OCH3 is 1. The highest BCUT2D eigenvalue weighted by Crippen LogP contribution is 2.37. The highest BCUT2D eigenvalue weighted by molar-refractivity contribution is 5.92. The molecule has 0 radical (unpaired) electrons. The third-order valence-electron chi connectivity index (χ3n) is 6.20. The Morgan fingerprint density at radius 3 is 2.47 bits per heavy atom. The fraction of sp³-hybridized carbons (Fsp3) is 0.462. The van der Waals surface area contributed by atoms with Crippen LogP contribution in [0.4, 0.5) is 24.7 Å². The summed E-state index contributed by atoms with van der Waals surface area (Å²) < 4.78 is 57.5. The van der Waals surface area contributed by atoms with Gasteiger partial charge in [-0.25, -0.2) is 9.97 Å². The molecule has 0 bridgehead atoms. The second kappa shape index (κ2) is 10.4. The fourth-order valence-corrected chi connectivity index (χ4v) is 4.05. The fourth-order valence-electron chi connectivity index (χ4n) is 4.05. The van der Waals surface area contributed by atoms with Gasteiger partial charge in [-0.15, -0.1) is 0 Å². The molecule has 3 N–H and O–H groups in total. The van der Waals surface area contributed by atoms with Gasteiger partial charge < -0.3 is 25.3 Å². The van der Waals surface area contributed by atoms with E-state index < -0.39 is 17.8 Å². The highest BCUT2D eigenvalue weighted by atomic mass is 19.4. The molecular weight excluding hydrogens is 473 g/mol. The quantitative estimate of drug-likeness (QED) is 0.342. The number of nitrogens with two attached hydrogens (primary N) is 1. The molecule has 36 heavy (non-hydrogen) atoms. The Labute approximate surface area is 208 Å². The van der Waals surface area contributed by atoms with Crippen molar-refractivity contribution in [2.45, 2.75) is 64.5 Å². The molecule has 1 saturated carbocycles. The Morgan fingerprint density at radius 2 is 1.83 bits per heavy atom. The van der Waals surface area contributed by atoms with E-state index in [1.165, 1.54) is 12.5 Å². The Hall–Kier alpha value is -3.27. The van der Waals surface area contributed by atoms with Crippen LogP contribution in [0.2, 0.25) is 0 Å². The van der Waals surface area contributed by atoms with Crippen molar-refractivity contribution < 1.29 is 27.4 Å². The van der Waals surface area contributed by atoms with Crippen LogP contribution in [-0.2, 0) is 10.9 Å². The lowest BCUT2D eigenvalue weighted by Crippen LogP contribution is -2.28. The number of hydrogen-bond donors (Lipinski definition) is 2. The maximum absolute atomic E-state index is 13.3. The summed E-state index contributed by atoms with van der Waals surface area (Å²) in [5.74, 6) is 1.98. The minimum absolute atomic E-state index is 0.0377. The molecule has 10 heteroatoms. The summed E-state index contributed by atoms with van der Waals surface area (Å²) in [7, 11) is 1.55. The number of rotatable bonds is 9. The van der Waals surface area contributed by atoms with E-state index in [4.69, 9.17) is 19.9 Å². The molecule has 0 saturated heterocycles. The van der Waals surface area contributed by atoms with Crippen LogP contribution in [0.15, 0.2) is 30.3 Å². The number of ether oxygens (including phenoxy) is 3. The summed E-state index contributed by atoms with van der Waals surface area (Å²) in [5, 5.41) is 3.87. The zero-order chi connectivity index (χ0) is 26.0. The summed E-state index contributed by atoms with van der Waals surface area (Å²) in [6.45, 7) is 5.87. The molecule has 7 nitrogen and oxygen atoms in total. The number of nitrogen functional groups attached to an aromatic ring is 1. The number of nitrogens with one attached hydrogen (secondary N) is 1. The Kier molecular flexibility index (Phi) is 7.44. The number of nitrogens with zero attached hydrogens (tertiary/aromatic N) is 2. The first-order chi connectivity index (χ1) is 17.0.